The molecular weight excluding hydrogens is 453 g/mol. The molecule has 12 heteroatoms. The number of hydrogen-bond donors (Lipinski definition) is 1. The molecule has 2 heterocycles. The molecule has 0 aliphatic rings. The largest absolute Gasteiger partial charge is 0.451 e. The fourth-order valence-corrected chi connectivity index (χ4v) is 2.97. The van der Waals surface area contributed by atoms with Gasteiger partial charge in [-0.05, 0) is 26.0 Å². The molecule has 32 heavy (non-hydrogen) atoms. The molecule has 0 fully saturated rings. The first-order valence-electron chi connectivity index (χ1n) is 9.20. The highest BCUT2D eigenvalue weighted by molar-refractivity contribution is 6.33. The molecule has 0 bridgehead atoms. The number of fused-ring (bicyclic) bond motifs is 1. The van der Waals surface area contributed by atoms with Crippen LogP contribution in [0, 0.1) is 0 Å². The third-order valence-electron chi connectivity index (χ3n) is 4.27. The summed E-state index contributed by atoms with van der Waals surface area (Å²) in [6.45, 7) is 2.65. The van der Waals surface area contributed by atoms with Crippen molar-refractivity contribution in [3.8, 4) is 0 Å². The van der Waals surface area contributed by atoms with E-state index in [1.807, 2.05) is 0 Å². The van der Waals surface area contributed by atoms with Crippen molar-refractivity contribution in [1.82, 2.24) is 14.8 Å². The molecule has 0 saturated heterocycles. The number of hydrogen-bond acceptors (Lipinski definition) is 6. The number of nitrogens with one attached hydrogen (secondary N) is 1. The number of anilines is 1. The van der Waals surface area contributed by atoms with E-state index in [2.05, 4.69) is 15.4 Å². The van der Waals surface area contributed by atoms with Crippen molar-refractivity contribution >= 4 is 40.1 Å². The van der Waals surface area contributed by atoms with Crippen LogP contribution in [0.5, 0.6) is 0 Å². The topological polar surface area (TPSA) is 103 Å². The molecule has 1 aromatic carbocycles. The van der Waals surface area contributed by atoms with E-state index in [1.165, 1.54) is 6.07 Å². The van der Waals surface area contributed by atoms with E-state index in [-0.39, 0.29) is 33.9 Å². The maximum atomic E-state index is 12.7. The highest BCUT2D eigenvalue weighted by atomic mass is 35.5. The van der Waals surface area contributed by atoms with E-state index >= 15 is 0 Å². The van der Waals surface area contributed by atoms with E-state index in [0.29, 0.717) is 12.3 Å². The van der Waals surface area contributed by atoms with Crippen molar-refractivity contribution in [2.45, 2.75) is 26.1 Å². The number of nitrogens with zero attached hydrogens (tertiary/aromatic N) is 3. The lowest BCUT2D eigenvalue weighted by molar-refractivity contribution is -0.137. The Balaban J connectivity index is 1.76. The molecule has 3 rings (SSSR count). The number of carbonyl (C=O) groups excluding carboxylic acids is 2. The predicted molar refractivity (Wildman–Crippen MR) is 110 cm³/mol. The molecule has 0 spiro atoms. The first kappa shape index (κ1) is 23.2. The summed E-state index contributed by atoms with van der Waals surface area (Å²) in [5.74, 6) is -2.16. The minimum atomic E-state index is -4.64. The van der Waals surface area contributed by atoms with Crippen LogP contribution in [0.2, 0.25) is 5.02 Å². The number of ether oxygens (including phenoxy) is 1. The van der Waals surface area contributed by atoms with Gasteiger partial charge in [-0.1, -0.05) is 29.8 Å². The Morgan fingerprint density at radius 3 is 2.47 bits per heavy atom. The van der Waals surface area contributed by atoms with Crippen molar-refractivity contribution < 1.29 is 27.5 Å². The van der Waals surface area contributed by atoms with Crippen LogP contribution in [0.3, 0.4) is 0 Å². The number of rotatable bonds is 5. The number of esters is 1. The third kappa shape index (κ3) is 4.88. The lowest BCUT2D eigenvalue weighted by Crippen LogP contribution is -2.29. The van der Waals surface area contributed by atoms with Gasteiger partial charge in [0.2, 0.25) is 0 Å². The van der Waals surface area contributed by atoms with Gasteiger partial charge >= 0.3 is 12.1 Å². The second kappa shape index (κ2) is 8.95. The summed E-state index contributed by atoms with van der Waals surface area (Å²) in [5.41, 5.74) is -1.62. The van der Waals surface area contributed by atoms with Crippen LogP contribution in [0.15, 0.2) is 41.3 Å². The van der Waals surface area contributed by atoms with E-state index in [0.717, 1.165) is 4.68 Å². The normalized spacial score (nSPS) is 11.6. The summed E-state index contributed by atoms with van der Waals surface area (Å²) >= 11 is 5.74. The summed E-state index contributed by atoms with van der Waals surface area (Å²) in [5, 5.41) is 6.32. The minimum Gasteiger partial charge on any atom is -0.451 e. The quantitative estimate of drug-likeness (QED) is 0.571. The average molecular weight is 469 g/mol. The predicted octanol–water partition coefficient (Wildman–Crippen LogP) is 3.84. The van der Waals surface area contributed by atoms with Gasteiger partial charge in [-0.3, -0.25) is 9.59 Å². The second-order valence-corrected chi connectivity index (χ2v) is 7.32. The molecule has 1 N–H and O–H groups in total. The van der Waals surface area contributed by atoms with Crippen LogP contribution < -0.4 is 10.9 Å². The zero-order valence-electron chi connectivity index (χ0n) is 16.7. The Labute approximate surface area is 184 Å². The molecule has 1 amide bonds. The van der Waals surface area contributed by atoms with Crippen LogP contribution >= 0.6 is 11.6 Å². The number of amides is 1. The average Bonchev–Trinajstić information content (AvgIpc) is 2.73. The molecule has 0 atom stereocenters. The number of benzene rings is 1. The highest BCUT2D eigenvalue weighted by Crippen LogP contribution is 2.32. The molecule has 8 nitrogen and oxygen atoms in total. The third-order valence-corrected chi connectivity index (χ3v) is 4.56. The Bertz CT molecular complexity index is 1260. The zero-order chi connectivity index (χ0) is 23.6. The van der Waals surface area contributed by atoms with E-state index in [1.54, 1.807) is 32.0 Å². The molecule has 0 aliphatic heterocycles. The van der Waals surface area contributed by atoms with Gasteiger partial charge in [-0.25, -0.2) is 14.5 Å². The molecule has 168 valence electrons. The maximum Gasteiger partial charge on any atom is 0.417 e. The van der Waals surface area contributed by atoms with Crippen LogP contribution in [-0.4, -0.2) is 33.2 Å². The second-order valence-electron chi connectivity index (χ2n) is 6.91. The first-order valence-corrected chi connectivity index (χ1v) is 9.58. The van der Waals surface area contributed by atoms with E-state index < -0.39 is 35.2 Å². The van der Waals surface area contributed by atoms with Gasteiger partial charge in [0, 0.05) is 11.6 Å². The van der Waals surface area contributed by atoms with Gasteiger partial charge in [-0.15, -0.1) is 0 Å². The number of halogens is 4. The molecular formula is C20H16ClF3N4O4. The van der Waals surface area contributed by atoms with Crippen LogP contribution in [0.1, 0.15) is 35.9 Å². The van der Waals surface area contributed by atoms with Gasteiger partial charge in [0.15, 0.2) is 18.1 Å². The summed E-state index contributed by atoms with van der Waals surface area (Å²) in [6, 6.07) is 6.59. The SMILES string of the molecule is CC(C)n1nc(C(=O)OCC(=O)Nc2ncc(C(F)(F)F)cc2Cl)c2ccccc2c1=O. The van der Waals surface area contributed by atoms with Gasteiger partial charge < -0.3 is 10.1 Å². The highest BCUT2D eigenvalue weighted by Gasteiger charge is 2.31. The Kier molecular flexibility index (Phi) is 6.49. The fourth-order valence-electron chi connectivity index (χ4n) is 2.76. The monoisotopic (exact) mass is 468 g/mol. The lowest BCUT2D eigenvalue weighted by Gasteiger charge is -2.13. The molecule has 3 aromatic rings. The molecule has 0 saturated carbocycles. The summed E-state index contributed by atoms with van der Waals surface area (Å²) in [6.07, 6.45) is -4.13. The van der Waals surface area contributed by atoms with Crippen molar-refractivity contribution in [3.63, 3.8) is 0 Å². The Hall–Kier alpha value is -3.47. The molecule has 0 unspecified atom stereocenters. The molecule has 0 radical (unpaired) electrons. The van der Waals surface area contributed by atoms with Crippen molar-refractivity contribution in [3.05, 3.63) is 63.2 Å². The van der Waals surface area contributed by atoms with Crippen LogP contribution in [0.4, 0.5) is 19.0 Å². The molecule has 0 aliphatic carbocycles. The van der Waals surface area contributed by atoms with Gasteiger partial charge in [-0.2, -0.15) is 18.3 Å². The van der Waals surface area contributed by atoms with E-state index in [9.17, 15) is 27.6 Å². The summed E-state index contributed by atoms with van der Waals surface area (Å²) in [4.78, 5) is 40.7. The first-order chi connectivity index (χ1) is 15.0. The Morgan fingerprint density at radius 1 is 1.22 bits per heavy atom. The number of alkyl halides is 3. The number of pyridine rings is 1. The zero-order valence-corrected chi connectivity index (χ0v) is 17.5. The van der Waals surface area contributed by atoms with Crippen LogP contribution in [0.25, 0.3) is 10.8 Å². The standard InChI is InChI=1S/C20H16ClF3N4O4/c1-10(2)28-18(30)13-6-4-3-5-12(13)16(27-28)19(31)32-9-15(29)26-17-14(21)7-11(8-25-17)20(22,23)24/h3-8,10H,9H2,1-2H3,(H,25,26,29). The summed E-state index contributed by atoms with van der Waals surface area (Å²) < 4.78 is 44.1. The van der Waals surface area contributed by atoms with Crippen LogP contribution in [-0.2, 0) is 15.7 Å². The number of carbonyl (C=O) groups is 2. The maximum absolute atomic E-state index is 12.7. The Morgan fingerprint density at radius 2 is 1.88 bits per heavy atom. The van der Waals surface area contributed by atoms with Crippen molar-refractivity contribution in [1.29, 1.82) is 0 Å². The number of aromatic nitrogens is 3. The van der Waals surface area contributed by atoms with Gasteiger partial charge in [0.25, 0.3) is 11.5 Å². The summed E-state index contributed by atoms with van der Waals surface area (Å²) in [7, 11) is 0. The smallest absolute Gasteiger partial charge is 0.417 e. The molecule has 2 aromatic heterocycles. The fraction of sp³-hybridized carbons (Fsp3) is 0.250. The van der Waals surface area contributed by atoms with Crippen molar-refractivity contribution in [2.75, 3.05) is 11.9 Å². The minimum absolute atomic E-state index is 0.160. The van der Waals surface area contributed by atoms with Gasteiger partial charge in [0.1, 0.15) is 0 Å². The van der Waals surface area contributed by atoms with E-state index in [4.69, 9.17) is 16.3 Å². The van der Waals surface area contributed by atoms with Gasteiger partial charge in [0.05, 0.1) is 22.0 Å². The van der Waals surface area contributed by atoms with Crippen molar-refractivity contribution in [2.24, 2.45) is 0 Å². The lowest BCUT2D eigenvalue weighted by atomic mass is 10.1.